The van der Waals surface area contributed by atoms with Gasteiger partial charge in [0, 0.05) is 11.3 Å². The number of likely N-dealkylation sites (N-methyl/N-ethyl adjacent to an activating group) is 1. The van der Waals surface area contributed by atoms with Crippen LogP contribution >= 0.6 is 0 Å². The maximum absolute atomic E-state index is 13.3. The van der Waals surface area contributed by atoms with Crippen molar-refractivity contribution in [1.82, 2.24) is 5.32 Å². The molecule has 30 heavy (non-hydrogen) atoms. The third-order valence-electron chi connectivity index (χ3n) is 5.90. The highest BCUT2D eigenvalue weighted by atomic mass is 16.3. The average molecular weight is 412 g/mol. The minimum atomic E-state index is -2.15. The fourth-order valence-corrected chi connectivity index (χ4v) is 3.81. The first-order valence-electron chi connectivity index (χ1n) is 10.4. The van der Waals surface area contributed by atoms with E-state index in [9.17, 15) is 14.7 Å². The van der Waals surface area contributed by atoms with E-state index < -0.39 is 17.7 Å². The quantitative estimate of drug-likeness (QED) is 0.558. The molecule has 7 heteroatoms. The molecule has 0 saturated heterocycles. The van der Waals surface area contributed by atoms with E-state index in [1.54, 1.807) is 36.4 Å². The van der Waals surface area contributed by atoms with Gasteiger partial charge in [0.25, 0.3) is 11.6 Å². The molecule has 0 bridgehead atoms. The molecular weight excluding hydrogens is 380 g/mol. The summed E-state index contributed by atoms with van der Waals surface area (Å²) in [7, 11) is 0. The molecule has 1 aliphatic rings. The van der Waals surface area contributed by atoms with Gasteiger partial charge in [-0.15, -0.1) is 0 Å². The number of aryl methyl sites for hydroxylation is 2. The third kappa shape index (κ3) is 3.91. The van der Waals surface area contributed by atoms with Gasteiger partial charge in [0.2, 0.25) is 0 Å². The maximum Gasteiger partial charge on any atom is 0.329 e. The average Bonchev–Trinajstić information content (AvgIpc) is 2.73. The van der Waals surface area contributed by atoms with Crippen molar-refractivity contribution in [1.29, 1.82) is 0 Å². The number of quaternary nitrogens is 1. The number of fused-ring (bicyclic) bond motifs is 1. The Morgan fingerprint density at radius 2 is 1.83 bits per heavy atom. The fraction of sp³-hybridized carbons (Fsp3) is 0.391. The SMILES string of the molecule is CC[NH+](CC)CCNC(=O)C1(O)c2ccccc2NC(=O)N1c1ccc(C)c(C)c1. The van der Waals surface area contributed by atoms with E-state index in [-0.39, 0.29) is 0 Å². The van der Waals surface area contributed by atoms with Crippen LogP contribution in [-0.2, 0) is 10.5 Å². The summed E-state index contributed by atoms with van der Waals surface area (Å²) in [5, 5.41) is 17.4. The summed E-state index contributed by atoms with van der Waals surface area (Å²) in [5.41, 5.74) is 1.10. The van der Waals surface area contributed by atoms with Crippen molar-refractivity contribution >= 4 is 23.3 Å². The lowest BCUT2D eigenvalue weighted by atomic mass is 9.94. The van der Waals surface area contributed by atoms with Gasteiger partial charge in [-0.05, 0) is 57.0 Å². The molecule has 0 spiro atoms. The number of amides is 3. The van der Waals surface area contributed by atoms with Crippen LogP contribution in [-0.4, -0.2) is 43.2 Å². The topological polar surface area (TPSA) is 86.1 Å². The number of carbonyl (C=O) groups excluding carboxylic acids is 2. The molecule has 7 nitrogen and oxygen atoms in total. The van der Waals surface area contributed by atoms with E-state index in [0.717, 1.165) is 35.7 Å². The lowest BCUT2D eigenvalue weighted by Gasteiger charge is -2.42. The Labute approximate surface area is 177 Å². The molecule has 1 unspecified atom stereocenters. The van der Waals surface area contributed by atoms with Gasteiger partial charge >= 0.3 is 6.03 Å². The molecule has 1 atom stereocenters. The number of nitrogens with one attached hydrogen (secondary N) is 3. The molecule has 0 fully saturated rings. The molecule has 1 aliphatic heterocycles. The summed E-state index contributed by atoms with van der Waals surface area (Å²) >= 11 is 0. The Bertz CT molecular complexity index is 942. The monoisotopic (exact) mass is 411 g/mol. The molecule has 3 rings (SSSR count). The van der Waals surface area contributed by atoms with E-state index >= 15 is 0 Å². The number of rotatable bonds is 7. The highest BCUT2D eigenvalue weighted by Gasteiger charge is 2.51. The Hall–Kier alpha value is -2.90. The minimum Gasteiger partial charge on any atom is -0.359 e. The van der Waals surface area contributed by atoms with Gasteiger partial charge < -0.3 is 20.6 Å². The largest absolute Gasteiger partial charge is 0.359 e. The van der Waals surface area contributed by atoms with Crippen LogP contribution in [0.5, 0.6) is 0 Å². The molecule has 2 aromatic carbocycles. The van der Waals surface area contributed by atoms with Crippen molar-refractivity contribution in [2.24, 2.45) is 0 Å². The van der Waals surface area contributed by atoms with Gasteiger partial charge in [-0.25, -0.2) is 4.79 Å². The lowest BCUT2D eigenvalue weighted by molar-refractivity contribution is -0.895. The lowest BCUT2D eigenvalue weighted by Crippen LogP contribution is -3.12. The van der Waals surface area contributed by atoms with Crippen LogP contribution in [0.25, 0.3) is 0 Å². The van der Waals surface area contributed by atoms with Crippen molar-refractivity contribution in [2.75, 3.05) is 36.4 Å². The van der Waals surface area contributed by atoms with Gasteiger partial charge in [0.1, 0.15) is 0 Å². The predicted octanol–water partition coefficient (Wildman–Crippen LogP) is 1.54. The Balaban J connectivity index is 2.01. The molecule has 4 N–H and O–H groups in total. The summed E-state index contributed by atoms with van der Waals surface area (Å²) in [4.78, 5) is 28.8. The molecular formula is C23H31N4O3+. The number of aliphatic hydroxyl groups is 1. The maximum atomic E-state index is 13.3. The summed E-state index contributed by atoms with van der Waals surface area (Å²) in [6, 6.07) is 11.7. The van der Waals surface area contributed by atoms with Crippen molar-refractivity contribution in [3.63, 3.8) is 0 Å². The van der Waals surface area contributed by atoms with E-state index in [1.165, 1.54) is 4.90 Å². The van der Waals surface area contributed by atoms with Gasteiger partial charge in [-0.2, -0.15) is 0 Å². The number of anilines is 2. The first kappa shape index (κ1) is 21.8. The zero-order valence-corrected chi connectivity index (χ0v) is 18.1. The number of carbonyl (C=O) groups is 2. The smallest absolute Gasteiger partial charge is 0.329 e. The van der Waals surface area contributed by atoms with Crippen LogP contribution in [0.4, 0.5) is 16.2 Å². The molecule has 3 amide bonds. The standard InChI is InChI=1S/C23H30N4O3/c1-5-26(6-2)14-13-24-21(28)23(30)19-9-7-8-10-20(19)25-22(29)27(23)18-12-11-16(3)17(4)15-18/h7-12,15,30H,5-6,13-14H2,1-4H3,(H,24,28)(H,25,29)/p+1. The molecule has 0 aliphatic carbocycles. The highest BCUT2D eigenvalue weighted by Crippen LogP contribution is 2.40. The summed E-state index contributed by atoms with van der Waals surface area (Å²) < 4.78 is 0. The van der Waals surface area contributed by atoms with Crippen molar-refractivity contribution in [3.8, 4) is 0 Å². The van der Waals surface area contributed by atoms with Crippen molar-refractivity contribution < 1.29 is 19.6 Å². The third-order valence-corrected chi connectivity index (χ3v) is 5.90. The Morgan fingerprint density at radius 3 is 2.50 bits per heavy atom. The van der Waals surface area contributed by atoms with Crippen molar-refractivity contribution in [3.05, 3.63) is 59.2 Å². The Kier molecular flexibility index (Phi) is 6.43. The van der Waals surface area contributed by atoms with Crippen LogP contribution in [0.2, 0.25) is 0 Å². The molecule has 0 aromatic heterocycles. The van der Waals surface area contributed by atoms with Crippen LogP contribution in [0.1, 0.15) is 30.5 Å². The molecule has 0 radical (unpaired) electrons. The minimum absolute atomic E-state index is 0.343. The normalized spacial score (nSPS) is 18.2. The number of hydrogen-bond donors (Lipinski definition) is 4. The number of para-hydroxylation sites is 1. The molecule has 0 saturated carbocycles. The summed E-state index contributed by atoms with van der Waals surface area (Å²) in [5.74, 6) is -0.616. The zero-order chi connectivity index (χ0) is 21.9. The molecule has 160 valence electrons. The van der Waals surface area contributed by atoms with Crippen molar-refractivity contribution in [2.45, 2.75) is 33.4 Å². The van der Waals surface area contributed by atoms with Gasteiger partial charge in [-0.1, -0.05) is 24.3 Å². The summed E-state index contributed by atoms with van der Waals surface area (Å²) in [6.07, 6.45) is 0. The van der Waals surface area contributed by atoms with E-state index in [4.69, 9.17) is 0 Å². The fourth-order valence-electron chi connectivity index (χ4n) is 3.81. The Morgan fingerprint density at radius 1 is 1.13 bits per heavy atom. The predicted molar refractivity (Wildman–Crippen MR) is 118 cm³/mol. The second-order valence-electron chi connectivity index (χ2n) is 7.71. The highest BCUT2D eigenvalue weighted by molar-refractivity contribution is 6.11. The van der Waals surface area contributed by atoms with E-state index in [1.807, 2.05) is 19.9 Å². The second kappa shape index (κ2) is 8.85. The van der Waals surface area contributed by atoms with Crippen LogP contribution < -0.4 is 20.4 Å². The van der Waals surface area contributed by atoms with Crippen LogP contribution in [0.15, 0.2) is 42.5 Å². The van der Waals surface area contributed by atoms with Crippen LogP contribution in [0.3, 0.4) is 0 Å². The molecule has 2 aromatic rings. The number of urea groups is 1. The second-order valence-corrected chi connectivity index (χ2v) is 7.71. The number of nitrogens with zero attached hydrogens (tertiary/aromatic N) is 1. The number of hydrogen-bond acceptors (Lipinski definition) is 3. The van der Waals surface area contributed by atoms with E-state index in [0.29, 0.717) is 23.5 Å². The first-order valence-corrected chi connectivity index (χ1v) is 10.4. The van der Waals surface area contributed by atoms with E-state index in [2.05, 4.69) is 24.5 Å². The zero-order valence-electron chi connectivity index (χ0n) is 18.1. The number of benzene rings is 2. The first-order chi connectivity index (χ1) is 14.3. The van der Waals surface area contributed by atoms with Crippen LogP contribution in [0, 0.1) is 13.8 Å². The van der Waals surface area contributed by atoms with Gasteiger partial charge in [-0.3, -0.25) is 9.69 Å². The van der Waals surface area contributed by atoms with Gasteiger partial charge in [0.15, 0.2) is 0 Å². The molecule has 1 heterocycles. The van der Waals surface area contributed by atoms with Gasteiger partial charge in [0.05, 0.1) is 31.9 Å². The summed E-state index contributed by atoms with van der Waals surface area (Å²) in [6.45, 7) is 11.1.